The number of rotatable bonds is 3. The van der Waals surface area contributed by atoms with Gasteiger partial charge < -0.3 is 15.4 Å². The molecular weight excluding hydrogens is 491 g/mol. The molecule has 1 saturated heterocycles. The fourth-order valence-electron chi connectivity index (χ4n) is 4.39. The van der Waals surface area contributed by atoms with Crippen molar-refractivity contribution in [2.75, 3.05) is 11.4 Å². The van der Waals surface area contributed by atoms with Crippen LogP contribution in [0.2, 0.25) is 0 Å². The van der Waals surface area contributed by atoms with Gasteiger partial charge >= 0.3 is 6.09 Å². The van der Waals surface area contributed by atoms with Crippen LogP contribution in [-0.4, -0.2) is 40.0 Å². The summed E-state index contributed by atoms with van der Waals surface area (Å²) >= 11 is 3.61. The molecule has 0 bridgehead atoms. The number of pyridine rings is 1. The van der Waals surface area contributed by atoms with E-state index >= 15 is 0 Å². The molecule has 2 atom stereocenters. The van der Waals surface area contributed by atoms with Gasteiger partial charge in [-0.1, -0.05) is 26.8 Å². The summed E-state index contributed by atoms with van der Waals surface area (Å²) < 4.78 is 20.4. The maximum absolute atomic E-state index is 14.4. The Kier molecular flexibility index (Phi) is 6.01. The van der Waals surface area contributed by atoms with Crippen molar-refractivity contribution in [3.05, 3.63) is 40.2 Å². The summed E-state index contributed by atoms with van der Waals surface area (Å²) in [5.41, 5.74) is 6.92. The Morgan fingerprint density at radius 1 is 1.42 bits per heavy atom. The number of aromatic nitrogens is 3. The van der Waals surface area contributed by atoms with Crippen LogP contribution in [0.4, 0.5) is 15.0 Å². The molecule has 0 spiro atoms. The number of carbonyl (C=O) groups excluding carboxylic acids is 1. The van der Waals surface area contributed by atoms with Gasteiger partial charge in [-0.15, -0.1) is 0 Å². The number of nitriles is 1. The molecule has 2 unspecified atom stereocenters. The molecule has 0 aliphatic carbocycles. The molecule has 4 rings (SSSR count). The van der Waals surface area contributed by atoms with Crippen molar-refractivity contribution in [1.29, 1.82) is 5.26 Å². The Hall–Kier alpha value is -3.19. The number of nitrogens with two attached hydrogens (primary N) is 1. The van der Waals surface area contributed by atoms with Gasteiger partial charge in [0.25, 0.3) is 0 Å². The number of carbonyl (C=O) groups is 1. The van der Waals surface area contributed by atoms with E-state index in [2.05, 4.69) is 51.8 Å². The molecular formula is C23H24BrFN6O2. The zero-order chi connectivity index (χ0) is 23.9. The standard InChI is InChI=1S/C23H24BrFN6O2/c1-23(2,3)17-9-14(33-22(27)32)6-7-31(17)21-20-15(11-28-30-20)18(24)19(29-21)12-4-5-13(10-26)16(25)8-12/h4-5,8,11,14,17H,6-7,9H2,1-3H3,(H2,27,32)(H,28,30). The summed E-state index contributed by atoms with van der Waals surface area (Å²) in [6.45, 7) is 6.95. The van der Waals surface area contributed by atoms with E-state index in [0.717, 1.165) is 10.9 Å². The lowest BCUT2D eigenvalue weighted by molar-refractivity contribution is 0.0669. The summed E-state index contributed by atoms with van der Waals surface area (Å²) in [4.78, 5) is 18.5. The third-order valence-electron chi connectivity index (χ3n) is 6.00. The quantitative estimate of drug-likeness (QED) is 0.513. The van der Waals surface area contributed by atoms with Crippen molar-refractivity contribution in [2.45, 2.75) is 45.8 Å². The second-order valence-electron chi connectivity index (χ2n) is 9.22. The highest BCUT2D eigenvalue weighted by Crippen LogP contribution is 2.41. The third kappa shape index (κ3) is 4.37. The Labute approximate surface area is 199 Å². The molecule has 10 heteroatoms. The van der Waals surface area contributed by atoms with E-state index in [9.17, 15) is 9.18 Å². The van der Waals surface area contributed by atoms with Gasteiger partial charge in [0, 0.05) is 36.4 Å². The molecule has 1 amide bonds. The van der Waals surface area contributed by atoms with Crippen LogP contribution in [0.25, 0.3) is 22.2 Å². The maximum atomic E-state index is 14.4. The third-order valence-corrected chi connectivity index (χ3v) is 6.80. The van der Waals surface area contributed by atoms with Gasteiger partial charge in [0.15, 0.2) is 5.82 Å². The number of halogens is 2. The average molecular weight is 515 g/mol. The highest BCUT2D eigenvalue weighted by atomic mass is 79.9. The normalized spacial score (nSPS) is 18.8. The fourth-order valence-corrected chi connectivity index (χ4v) is 5.01. The number of primary amides is 1. The van der Waals surface area contributed by atoms with Gasteiger partial charge in [-0.2, -0.15) is 10.4 Å². The Balaban J connectivity index is 1.84. The van der Waals surface area contributed by atoms with E-state index in [0.29, 0.717) is 40.9 Å². The molecule has 1 aliphatic heterocycles. The smallest absolute Gasteiger partial charge is 0.404 e. The molecule has 1 aliphatic rings. The minimum atomic E-state index is -0.774. The molecule has 172 valence electrons. The fraction of sp³-hybridized carbons (Fsp3) is 0.391. The van der Waals surface area contributed by atoms with E-state index in [1.807, 2.05) is 6.07 Å². The van der Waals surface area contributed by atoms with Crippen LogP contribution in [-0.2, 0) is 4.74 Å². The summed E-state index contributed by atoms with van der Waals surface area (Å²) in [6, 6.07) is 6.27. The Morgan fingerprint density at radius 2 is 2.18 bits per heavy atom. The van der Waals surface area contributed by atoms with E-state index < -0.39 is 11.9 Å². The van der Waals surface area contributed by atoms with Gasteiger partial charge in [0.05, 0.1) is 21.9 Å². The molecule has 1 fully saturated rings. The summed E-state index contributed by atoms with van der Waals surface area (Å²) in [5, 5.41) is 17.1. The van der Waals surface area contributed by atoms with Gasteiger partial charge in [-0.05, 0) is 33.5 Å². The van der Waals surface area contributed by atoms with Gasteiger partial charge in [-0.3, -0.25) is 5.10 Å². The summed E-state index contributed by atoms with van der Waals surface area (Å²) in [7, 11) is 0. The largest absolute Gasteiger partial charge is 0.446 e. The predicted octanol–water partition coefficient (Wildman–Crippen LogP) is 4.88. The molecule has 33 heavy (non-hydrogen) atoms. The first kappa shape index (κ1) is 23.0. The number of nitrogens with zero attached hydrogens (tertiary/aromatic N) is 4. The lowest BCUT2D eigenvalue weighted by Gasteiger charge is -2.46. The molecule has 1 aromatic carbocycles. The Morgan fingerprint density at radius 3 is 2.82 bits per heavy atom. The number of H-pyrrole nitrogens is 1. The topological polar surface area (TPSA) is 121 Å². The van der Waals surface area contributed by atoms with Crippen LogP contribution in [0.15, 0.2) is 28.9 Å². The van der Waals surface area contributed by atoms with Crippen LogP contribution in [0.5, 0.6) is 0 Å². The number of anilines is 1. The number of hydrogen-bond acceptors (Lipinski definition) is 6. The monoisotopic (exact) mass is 514 g/mol. The number of benzene rings is 1. The van der Waals surface area contributed by atoms with Gasteiger partial charge in [-0.25, -0.2) is 14.2 Å². The second-order valence-corrected chi connectivity index (χ2v) is 10.0. The molecule has 2 aromatic heterocycles. The number of nitrogens with one attached hydrogen (secondary N) is 1. The molecule has 0 radical (unpaired) electrons. The molecule has 3 N–H and O–H groups in total. The van der Waals surface area contributed by atoms with Crippen molar-refractivity contribution in [3.63, 3.8) is 0 Å². The number of aromatic amines is 1. The molecule has 3 heterocycles. The van der Waals surface area contributed by atoms with Crippen molar-refractivity contribution in [1.82, 2.24) is 15.2 Å². The average Bonchev–Trinajstić information content (AvgIpc) is 3.24. The van der Waals surface area contributed by atoms with Crippen LogP contribution in [0.3, 0.4) is 0 Å². The second kappa shape index (κ2) is 8.63. The first-order valence-electron chi connectivity index (χ1n) is 10.6. The van der Waals surface area contributed by atoms with Crippen LogP contribution < -0.4 is 10.6 Å². The van der Waals surface area contributed by atoms with Crippen molar-refractivity contribution >= 4 is 38.7 Å². The molecule has 3 aromatic rings. The number of fused-ring (bicyclic) bond motifs is 1. The zero-order valence-corrected chi connectivity index (χ0v) is 20.1. The van der Waals surface area contributed by atoms with E-state index in [-0.39, 0.29) is 23.1 Å². The summed E-state index contributed by atoms with van der Waals surface area (Å²) in [5.74, 6) is 0.0810. The maximum Gasteiger partial charge on any atom is 0.404 e. The molecule has 8 nitrogen and oxygen atoms in total. The van der Waals surface area contributed by atoms with Gasteiger partial charge in [0.2, 0.25) is 0 Å². The number of amides is 1. The lowest BCUT2D eigenvalue weighted by atomic mass is 9.79. The van der Waals surface area contributed by atoms with Crippen LogP contribution in [0.1, 0.15) is 39.2 Å². The summed E-state index contributed by atoms with van der Waals surface area (Å²) in [6.07, 6.45) is 1.85. The number of ether oxygens (including phenoxy) is 1. The van der Waals surface area contributed by atoms with E-state index in [1.165, 1.54) is 12.1 Å². The highest BCUT2D eigenvalue weighted by molar-refractivity contribution is 9.10. The van der Waals surface area contributed by atoms with E-state index in [1.54, 1.807) is 12.3 Å². The minimum absolute atomic E-state index is 0.0127. The predicted molar refractivity (Wildman–Crippen MR) is 126 cm³/mol. The van der Waals surface area contributed by atoms with E-state index in [4.69, 9.17) is 20.7 Å². The first-order valence-corrected chi connectivity index (χ1v) is 11.3. The van der Waals surface area contributed by atoms with Gasteiger partial charge in [0.1, 0.15) is 23.5 Å². The lowest BCUT2D eigenvalue weighted by Crippen LogP contribution is -2.52. The SMILES string of the molecule is CC(C)(C)C1CC(OC(N)=O)CCN1c1nc(-c2ccc(C#N)c(F)c2)c(Br)c2cn[nH]c12. The number of piperidine rings is 1. The van der Waals surface area contributed by atoms with Crippen LogP contribution >= 0.6 is 15.9 Å². The van der Waals surface area contributed by atoms with Crippen molar-refractivity contribution < 1.29 is 13.9 Å². The van der Waals surface area contributed by atoms with Crippen molar-refractivity contribution in [2.24, 2.45) is 11.1 Å². The first-order chi connectivity index (χ1) is 15.6. The zero-order valence-electron chi connectivity index (χ0n) is 18.5. The Bertz CT molecular complexity index is 1260. The minimum Gasteiger partial charge on any atom is -0.446 e. The number of hydrogen-bond donors (Lipinski definition) is 2. The highest BCUT2D eigenvalue weighted by Gasteiger charge is 2.39. The van der Waals surface area contributed by atoms with Crippen LogP contribution in [0, 0.1) is 22.6 Å². The van der Waals surface area contributed by atoms with Crippen molar-refractivity contribution in [3.8, 4) is 17.3 Å². The molecule has 0 saturated carbocycles.